The van der Waals surface area contributed by atoms with Crippen LogP contribution >= 0.6 is 11.6 Å². The van der Waals surface area contributed by atoms with Crippen molar-refractivity contribution in [1.29, 1.82) is 0 Å². The predicted octanol–water partition coefficient (Wildman–Crippen LogP) is 2.15. The van der Waals surface area contributed by atoms with Gasteiger partial charge in [0.15, 0.2) is 0 Å². The summed E-state index contributed by atoms with van der Waals surface area (Å²) in [6.07, 6.45) is 4.64. The summed E-state index contributed by atoms with van der Waals surface area (Å²) >= 11 is 5.59. The third-order valence-electron chi connectivity index (χ3n) is 1.71. The van der Waals surface area contributed by atoms with Crippen molar-refractivity contribution in [3.63, 3.8) is 0 Å². The van der Waals surface area contributed by atoms with E-state index in [1.54, 1.807) is 6.20 Å². The van der Waals surface area contributed by atoms with Crippen LogP contribution in [0.1, 0.15) is 6.42 Å². The molecule has 0 bridgehead atoms. The van der Waals surface area contributed by atoms with Gasteiger partial charge in [0.1, 0.15) is 0 Å². The maximum absolute atomic E-state index is 5.59. The Labute approximate surface area is 78.2 Å². The van der Waals surface area contributed by atoms with Crippen LogP contribution in [0.5, 0.6) is 0 Å². The fourth-order valence-electron chi connectivity index (χ4n) is 1.01. The average Bonchev–Trinajstić information content (AvgIpc) is 2.15. The summed E-state index contributed by atoms with van der Waals surface area (Å²) in [5.41, 5.74) is 1.14. The molecule has 1 aromatic rings. The molecule has 0 aromatic carbocycles. The minimum atomic E-state index is 0.713. The molecule has 1 rings (SSSR count). The highest BCUT2D eigenvalue weighted by Crippen LogP contribution is 2.09. The van der Waals surface area contributed by atoms with Crippen LogP contribution in [-0.2, 0) is 0 Å². The molecular formula is C9H13ClN2. The van der Waals surface area contributed by atoms with Crippen LogP contribution in [0.25, 0.3) is 0 Å². The Balaban J connectivity index is 2.48. The van der Waals surface area contributed by atoms with Gasteiger partial charge in [0.25, 0.3) is 0 Å². The summed E-state index contributed by atoms with van der Waals surface area (Å²) in [6, 6.07) is 3.98. The van der Waals surface area contributed by atoms with Gasteiger partial charge in [0.05, 0.1) is 11.9 Å². The van der Waals surface area contributed by atoms with Gasteiger partial charge in [-0.25, -0.2) is 0 Å². The van der Waals surface area contributed by atoms with E-state index in [1.165, 1.54) is 0 Å². The maximum Gasteiger partial charge on any atom is 0.0550 e. The number of anilines is 1. The lowest BCUT2D eigenvalue weighted by Gasteiger charge is -2.17. The van der Waals surface area contributed by atoms with E-state index in [9.17, 15) is 0 Å². The number of hydrogen-bond acceptors (Lipinski definition) is 2. The van der Waals surface area contributed by atoms with Gasteiger partial charge in [-0.3, -0.25) is 4.98 Å². The lowest BCUT2D eigenvalue weighted by molar-refractivity contribution is 0.854. The number of pyridine rings is 1. The van der Waals surface area contributed by atoms with E-state index in [4.69, 9.17) is 11.6 Å². The van der Waals surface area contributed by atoms with Crippen molar-refractivity contribution in [2.45, 2.75) is 6.42 Å². The van der Waals surface area contributed by atoms with Crippen molar-refractivity contribution in [1.82, 2.24) is 4.98 Å². The molecule has 3 heteroatoms. The first kappa shape index (κ1) is 9.33. The summed E-state index contributed by atoms with van der Waals surface area (Å²) in [6.45, 7) is 0.981. The number of aromatic nitrogens is 1. The summed E-state index contributed by atoms with van der Waals surface area (Å²) in [5.74, 6) is 0.713. The van der Waals surface area contributed by atoms with Gasteiger partial charge >= 0.3 is 0 Å². The van der Waals surface area contributed by atoms with Gasteiger partial charge in [-0.15, -0.1) is 11.6 Å². The van der Waals surface area contributed by atoms with Crippen molar-refractivity contribution < 1.29 is 0 Å². The molecule has 0 saturated heterocycles. The molecule has 0 atom stereocenters. The molecule has 0 fully saturated rings. The Kier molecular flexibility index (Phi) is 3.88. The first-order valence-corrected chi connectivity index (χ1v) is 4.55. The van der Waals surface area contributed by atoms with Crippen LogP contribution in [-0.4, -0.2) is 24.5 Å². The van der Waals surface area contributed by atoms with Crippen LogP contribution in [0.15, 0.2) is 24.5 Å². The molecule has 0 aliphatic rings. The van der Waals surface area contributed by atoms with Gasteiger partial charge in [-0.2, -0.15) is 0 Å². The monoisotopic (exact) mass is 184 g/mol. The topological polar surface area (TPSA) is 16.1 Å². The van der Waals surface area contributed by atoms with Gasteiger partial charge in [-0.05, 0) is 18.6 Å². The van der Waals surface area contributed by atoms with Gasteiger partial charge in [0, 0.05) is 25.7 Å². The van der Waals surface area contributed by atoms with E-state index in [0.717, 1.165) is 18.7 Å². The number of rotatable bonds is 4. The smallest absolute Gasteiger partial charge is 0.0550 e. The van der Waals surface area contributed by atoms with E-state index in [-0.39, 0.29) is 0 Å². The highest BCUT2D eigenvalue weighted by atomic mass is 35.5. The summed E-state index contributed by atoms with van der Waals surface area (Å²) in [7, 11) is 2.05. The number of alkyl halides is 1. The van der Waals surface area contributed by atoms with Gasteiger partial charge in [-0.1, -0.05) is 0 Å². The van der Waals surface area contributed by atoms with Crippen LogP contribution < -0.4 is 4.90 Å². The van der Waals surface area contributed by atoms with Crippen LogP contribution in [0.4, 0.5) is 5.69 Å². The largest absolute Gasteiger partial charge is 0.373 e. The molecule has 0 aliphatic carbocycles. The minimum absolute atomic E-state index is 0.713. The second kappa shape index (κ2) is 4.99. The zero-order valence-electron chi connectivity index (χ0n) is 7.20. The van der Waals surface area contributed by atoms with Crippen molar-refractivity contribution >= 4 is 17.3 Å². The first-order chi connectivity index (χ1) is 5.84. The highest BCUT2D eigenvalue weighted by molar-refractivity contribution is 6.17. The third kappa shape index (κ3) is 2.70. The van der Waals surface area contributed by atoms with E-state index < -0.39 is 0 Å². The molecule has 2 nitrogen and oxygen atoms in total. The number of halogens is 1. The standard InChI is InChI=1S/C9H13ClN2/c1-12(7-3-5-10)9-4-2-6-11-8-9/h2,4,6,8H,3,5,7H2,1H3. The summed E-state index contributed by atoms with van der Waals surface area (Å²) < 4.78 is 0. The average molecular weight is 185 g/mol. The van der Waals surface area contributed by atoms with E-state index in [0.29, 0.717) is 5.88 Å². The molecular weight excluding hydrogens is 172 g/mol. The Morgan fingerprint density at radius 1 is 1.58 bits per heavy atom. The lowest BCUT2D eigenvalue weighted by atomic mass is 10.3. The first-order valence-electron chi connectivity index (χ1n) is 4.01. The molecule has 1 aromatic heterocycles. The summed E-state index contributed by atoms with van der Waals surface area (Å²) in [4.78, 5) is 6.19. The SMILES string of the molecule is CN(CCCCl)c1cccnc1. The second-order valence-corrected chi connectivity index (χ2v) is 3.05. The van der Waals surface area contributed by atoms with Crippen molar-refractivity contribution in [2.24, 2.45) is 0 Å². The van der Waals surface area contributed by atoms with E-state index in [2.05, 4.69) is 9.88 Å². The lowest BCUT2D eigenvalue weighted by Crippen LogP contribution is -2.18. The van der Waals surface area contributed by atoms with Gasteiger partial charge in [0.2, 0.25) is 0 Å². The minimum Gasteiger partial charge on any atom is -0.373 e. The Morgan fingerprint density at radius 3 is 3.00 bits per heavy atom. The number of nitrogens with zero attached hydrogens (tertiary/aromatic N) is 2. The zero-order chi connectivity index (χ0) is 8.81. The zero-order valence-corrected chi connectivity index (χ0v) is 7.96. The molecule has 12 heavy (non-hydrogen) atoms. The number of hydrogen-bond donors (Lipinski definition) is 0. The van der Waals surface area contributed by atoms with Crippen molar-refractivity contribution in [3.05, 3.63) is 24.5 Å². The third-order valence-corrected chi connectivity index (χ3v) is 1.98. The molecule has 66 valence electrons. The fraction of sp³-hybridized carbons (Fsp3) is 0.444. The predicted molar refractivity (Wildman–Crippen MR) is 52.8 cm³/mol. The quantitative estimate of drug-likeness (QED) is 0.667. The normalized spacial score (nSPS) is 9.83. The molecule has 0 aliphatic heterocycles. The Morgan fingerprint density at radius 2 is 2.42 bits per heavy atom. The van der Waals surface area contributed by atoms with Crippen molar-refractivity contribution in [2.75, 3.05) is 24.4 Å². The second-order valence-electron chi connectivity index (χ2n) is 2.68. The molecule has 0 N–H and O–H groups in total. The molecule has 0 saturated carbocycles. The Hall–Kier alpha value is -0.760. The van der Waals surface area contributed by atoms with Crippen LogP contribution in [0.3, 0.4) is 0 Å². The molecule has 0 amide bonds. The fourth-order valence-corrected chi connectivity index (χ4v) is 1.13. The molecule has 1 heterocycles. The van der Waals surface area contributed by atoms with E-state index in [1.807, 2.05) is 25.4 Å². The van der Waals surface area contributed by atoms with Gasteiger partial charge < -0.3 is 4.90 Å². The van der Waals surface area contributed by atoms with E-state index >= 15 is 0 Å². The van der Waals surface area contributed by atoms with Crippen LogP contribution in [0.2, 0.25) is 0 Å². The van der Waals surface area contributed by atoms with Crippen molar-refractivity contribution in [3.8, 4) is 0 Å². The molecule has 0 spiro atoms. The highest BCUT2D eigenvalue weighted by Gasteiger charge is 1.97. The molecule has 0 radical (unpaired) electrons. The Bertz CT molecular complexity index is 213. The maximum atomic E-state index is 5.59. The summed E-state index contributed by atoms with van der Waals surface area (Å²) in [5, 5.41) is 0. The molecule has 0 unspecified atom stereocenters. The van der Waals surface area contributed by atoms with Crippen LogP contribution in [0, 0.1) is 0 Å².